The quantitative estimate of drug-likeness (QED) is 0.791. The molecule has 0 N–H and O–H groups in total. The number of nitrogens with zero attached hydrogens (tertiary/aromatic N) is 2. The fourth-order valence-electron chi connectivity index (χ4n) is 1.16. The Bertz CT molecular complexity index is 459. The van der Waals surface area contributed by atoms with Crippen LogP contribution in [0.2, 0.25) is 5.02 Å². The molecule has 70 valence electrons. The fourth-order valence-corrected chi connectivity index (χ4v) is 1.77. The van der Waals surface area contributed by atoms with Crippen LogP contribution in [0.5, 0.6) is 0 Å². The average molecular weight is 270 g/mol. The molecule has 2 nitrogen and oxygen atoms in total. The van der Waals surface area contributed by atoms with Crippen LogP contribution < -0.4 is 0 Å². The van der Waals surface area contributed by atoms with Crippen LogP contribution in [0.4, 0.5) is 0 Å². The minimum atomic E-state index is 0.561. The summed E-state index contributed by atoms with van der Waals surface area (Å²) in [4.78, 5) is 7.96. The summed E-state index contributed by atoms with van der Waals surface area (Å²) < 4.78 is 1.00. The van der Waals surface area contributed by atoms with Crippen molar-refractivity contribution in [3.8, 4) is 11.3 Å². The highest BCUT2D eigenvalue weighted by Crippen LogP contribution is 2.26. The molecule has 0 aliphatic carbocycles. The van der Waals surface area contributed by atoms with E-state index in [1.54, 1.807) is 6.20 Å². The first kappa shape index (κ1) is 9.62. The molecule has 2 rings (SSSR count). The molecule has 0 unspecified atom stereocenters. The van der Waals surface area contributed by atoms with E-state index in [2.05, 4.69) is 25.9 Å². The molecule has 1 aromatic heterocycles. The Balaban J connectivity index is 2.55. The van der Waals surface area contributed by atoms with Crippen molar-refractivity contribution in [2.45, 2.75) is 0 Å². The summed E-state index contributed by atoms with van der Waals surface area (Å²) in [6.45, 7) is 0. The molecule has 0 bridgehead atoms. The summed E-state index contributed by atoms with van der Waals surface area (Å²) >= 11 is 9.37. The van der Waals surface area contributed by atoms with E-state index in [4.69, 9.17) is 11.6 Å². The Morgan fingerprint density at radius 2 is 2.14 bits per heavy atom. The van der Waals surface area contributed by atoms with Gasteiger partial charge in [0.15, 0.2) is 0 Å². The van der Waals surface area contributed by atoms with Crippen molar-refractivity contribution in [3.63, 3.8) is 0 Å². The zero-order valence-corrected chi connectivity index (χ0v) is 9.46. The SMILES string of the molecule is Clc1cncnc1-c1cccc(Br)c1. The number of benzene rings is 1. The molecule has 4 heteroatoms. The smallest absolute Gasteiger partial charge is 0.116 e. The lowest BCUT2D eigenvalue weighted by atomic mass is 10.1. The van der Waals surface area contributed by atoms with Gasteiger partial charge in [-0.25, -0.2) is 9.97 Å². The maximum atomic E-state index is 5.97. The van der Waals surface area contributed by atoms with Crippen molar-refractivity contribution >= 4 is 27.5 Å². The van der Waals surface area contributed by atoms with Gasteiger partial charge < -0.3 is 0 Å². The third-order valence-corrected chi connectivity index (χ3v) is 2.54. The van der Waals surface area contributed by atoms with Gasteiger partial charge >= 0.3 is 0 Å². The van der Waals surface area contributed by atoms with E-state index in [0.29, 0.717) is 5.02 Å². The maximum Gasteiger partial charge on any atom is 0.116 e. The fraction of sp³-hybridized carbons (Fsp3) is 0. The second-order valence-electron chi connectivity index (χ2n) is 2.73. The summed E-state index contributed by atoms with van der Waals surface area (Å²) in [6, 6.07) is 7.82. The summed E-state index contributed by atoms with van der Waals surface area (Å²) in [5.74, 6) is 0. The number of rotatable bonds is 1. The third-order valence-electron chi connectivity index (χ3n) is 1.77. The van der Waals surface area contributed by atoms with Crippen molar-refractivity contribution in [1.82, 2.24) is 9.97 Å². The summed E-state index contributed by atoms with van der Waals surface area (Å²) in [6.07, 6.45) is 3.08. The molecule has 14 heavy (non-hydrogen) atoms. The normalized spacial score (nSPS) is 10.1. The topological polar surface area (TPSA) is 25.8 Å². The van der Waals surface area contributed by atoms with Crippen molar-refractivity contribution in [2.75, 3.05) is 0 Å². The second-order valence-corrected chi connectivity index (χ2v) is 4.05. The lowest BCUT2D eigenvalue weighted by molar-refractivity contribution is 1.17. The van der Waals surface area contributed by atoms with Crippen LogP contribution in [0.1, 0.15) is 0 Å². The van der Waals surface area contributed by atoms with Crippen molar-refractivity contribution < 1.29 is 0 Å². The van der Waals surface area contributed by atoms with E-state index < -0.39 is 0 Å². The molecule has 0 saturated carbocycles. The largest absolute Gasteiger partial charge is 0.243 e. The predicted octanol–water partition coefficient (Wildman–Crippen LogP) is 3.56. The Kier molecular flexibility index (Phi) is 2.79. The maximum absolute atomic E-state index is 5.97. The number of halogens is 2. The van der Waals surface area contributed by atoms with Crippen molar-refractivity contribution in [2.24, 2.45) is 0 Å². The molecule has 1 heterocycles. The molecular formula is C10H6BrClN2. The molecule has 0 radical (unpaired) electrons. The molecule has 0 aliphatic heterocycles. The van der Waals surface area contributed by atoms with E-state index in [1.165, 1.54) is 6.33 Å². The van der Waals surface area contributed by atoms with Crippen LogP contribution in [0.3, 0.4) is 0 Å². The van der Waals surface area contributed by atoms with E-state index in [-0.39, 0.29) is 0 Å². The number of hydrogen-bond acceptors (Lipinski definition) is 2. The van der Waals surface area contributed by atoms with Gasteiger partial charge in [-0.15, -0.1) is 0 Å². The molecule has 0 spiro atoms. The second kappa shape index (κ2) is 4.07. The van der Waals surface area contributed by atoms with E-state index in [9.17, 15) is 0 Å². The third kappa shape index (κ3) is 1.94. The van der Waals surface area contributed by atoms with Crippen molar-refractivity contribution in [1.29, 1.82) is 0 Å². The van der Waals surface area contributed by atoms with Crippen molar-refractivity contribution in [3.05, 3.63) is 46.3 Å². The summed E-state index contributed by atoms with van der Waals surface area (Å²) in [5.41, 5.74) is 1.73. The van der Waals surface area contributed by atoms with Gasteiger partial charge in [-0.3, -0.25) is 0 Å². The van der Waals surface area contributed by atoms with Gasteiger partial charge in [0.1, 0.15) is 6.33 Å². The first-order valence-electron chi connectivity index (χ1n) is 3.99. The van der Waals surface area contributed by atoms with Crippen LogP contribution in [0.25, 0.3) is 11.3 Å². The zero-order chi connectivity index (χ0) is 9.97. The Labute approximate surface area is 95.1 Å². The van der Waals surface area contributed by atoms with Gasteiger partial charge in [-0.2, -0.15) is 0 Å². The molecule has 0 saturated heterocycles. The Morgan fingerprint density at radius 3 is 2.86 bits per heavy atom. The molecule has 0 aliphatic rings. The van der Waals surface area contributed by atoms with E-state index in [1.807, 2.05) is 24.3 Å². The van der Waals surface area contributed by atoms with E-state index in [0.717, 1.165) is 15.7 Å². The minimum absolute atomic E-state index is 0.561. The zero-order valence-electron chi connectivity index (χ0n) is 7.11. The molecule has 0 amide bonds. The monoisotopic (exact) mass is 268 g/mol. The molecular weight excluding hydrogens is 263 g/mol. The minimum Gasteiger partial charge on any atom is -0.243 e. The van der Waals surface area contributed by atoms with Crippen LogP contribution in [-0.4, -0.2) is 9.97 Å². The standard InChI is InChI=1S/C10H6BrClN2/c11-8-3-1-2-7(4-8)10-9(12)5-13-6-14-10/h1-6H. The van der Waals surface area contributed by atoms with Gasteiger partial charge in [-0.1, -0.05) is 39.7 Å². The average Bonchev–Trinajstić information content (AvgIpc) is 2.18. The van der Waals surface area contributed by atoms with E-state index >= 15 is 0 Å². The molecule has 0 fully saturated rings. The molecule has 2 aromatic rings. The van der Waals surface area contributed by atoms with Crippen LogP contribution in [-0.2, 0) is 0 Å². The first-order chi connectivity index (χ1) is 6.77. The van der Waals surface area contributed by atoms with Gasteiger partial charge in [0.05, 0.1) is 10.7 Å². The first-order valence-corrected chi connectivity index (χ1v) is 5.16. The van der Waals surface area contributed by atoms with Crippen LogP contribution in [0.15, 0.2) is 41.3 Å². The molecule has 0 atom stereocenters. The number of aromatic nitrogens is 2. The Morgan fingerprint density at radius 1 is 1.29 bits per heavy atom. The van der Waals surface area contributed by atoms with Gasteiger partial charge in [0, 0.05) is 16.2 Å². The summed E-state index contributed by atoms with van der Waals surface area (Å²) in [5, 5.41) is 0.561. The summed E-state index contributed by atoms with van der Waals surface area (Å²) in [7, 11) is 0. The highest BCUT2D eigenvalue weighted by molar-refractivity contribution is 9.10. The lowest BCUT2D eigenvalue weighted by Gasteiger charge is -2.02. The highest BCUT2D eigenvalue weighted by Gasteiger charge is 2.04. The number of hydrogen-bond donors (Lipinski definition) is 0. The Hall–Kier alpha value is -0.930. The van der Waals surface area contributed by atoms with Crippen LogP contribution in [0, 0.1) is 0 Å². The highest BCUT2D eigenvalue weighted by atomic mass is 79.9. The van der Waals surface area contributed by atoms with Gasteiger partial charge in [-0.05, 0) is 12.1 Å². The van der Waals surface area contributed by atoms with Crippen LogP contribution >= 0.6 is 27.5 Å². The van der Waals surface area contributed by atoms with Gasteiger partial charge in [0.25, 0.3) is 0 Å². The predicted molar refractivity (Wildman–Crippen MR) is 60.2 cm³/mol. The van der Waals surface area contributed by atoms with Gasteiger partial charge in [0.2, 0.25) is 0 Å². The lowest BCUT2D eigenvalue weighted by Crippen LogP contribution is -1.85. The molecule has 1 aromatic carbocycles.